The zero-order valence-corrected chi connectivity index (χ0v) is 12.5. The normalized spacial score (nSPS) is 15.8. The van der Waals surface area contributed by atoms with Crippen LogP contribution in [0.1, 0.15) is 51.7 Å². The standard InChI is InChI=1S/C16H27NO2/c1-5-6-7-12(2)17-13(3)16(18)14-8-10-15(19-4)11-9-14/h8-13,16-18H,5-7H2,1-4H3. The Labute approximate surface area is 117 Å². The van der Waals surface area contributed by atoms with E-state index in [4.69, 9.17) is 4.74 Å². The predicted molar refractivity (Wildman–Crippen MR) is 79.5 cm³/mol. The number of hydrogen-bond donors (Lipinski definition) is 2. The van der Waals surface area contributed by atoms with Crippen molar-refractivity contribution in [2.24, 2.45) is 0 Å². The van der Waals surface area contributed by atoms with Gasteiger partial charge in [0.05, 0.1) is 13.2 Å². The van der Waals surface area contributed by atoms with Crippen molar-refractivity contribution in [3.8, 4) is 5.75 Å². The maximum atomic E-state index is 10.3. The van der Waals surface area contributed by atoms with E-state index in [1.54, 1.807) is 7.11 Å². The van der Waals surface area contributed by atoms with Gasteiger partial charge in [-0.2, -0.15) is 0 Å². The monoisotopic (exact) mass is 265 g/mol. The van der Waals surface area contributed by atoms with Gasteiger partial charge < -0.3 is 15.2 Å². The van der Waals surface area contributed by atoms with Crippen molar-refractivity contribution in [1.82, 2.24) is 5.32 Å². The average Bonchev–Trinajstić information content (AvgIpc) is 2.44. The molecule has 3 atom stereocenters. The summed E-state index contributed by atoms with van der Waals surface area (Å²) in [7, 11) is 1.64. The van der Waals surface area contributed by atoms with Gasteiger partial charge in [-0.3, -0.25) is 0 Å². The zero-order chi connectivity index (χ0) is 14.3. The molecule has 3 heteroatoms. The summed E-state index contributed by atoms with van der Waals surface area (Å²) in [6.07, 6.45) is 3.09. The second-order valence-electron chi connectivity index (χ2n) is 5.22. The number of rotatable bonds is 8. The lowest BCUT2D eigenvalue weighted by atomic mass is 10.0. The van der Waals surface area contributed by atoms with Gasteiger partial charge in [0.25, 0.3) is 0 Å². The molecular formula is C16H27NO2. The van der Waals surface area contributed by atoms with Crippen LogP contribution in [-0.4, -0.2) is 24.3 Å². The fourth-order valence-corrected chi connectivity index (χ4v) is 2.22. The largest absolute Gasteiger partial charge is 0.497 e. The predicted octanol–water partition coefficient (Wildman–Crippen LogP) is 3.29. The summed E-state index contributed by atoms with van der Waals surface area (Å²) in [6, 6.07) is 8.07. The van der Waals surface area contributed by atoms with Crippen LogP contribution in [0.2, 0.25) is 0 Å². The Hall–Kier alpha value is -1.06. The van der Waals surface area contributed by atoms with Crippen LogP contribution in [0.5, 0.6) is 5.75 Å². The smallest absolute Gasteiger partial charge is 0.118 e. The lowest BCUT2D eigenvalue weighted by molar-refractivity contribution is 0.129. The molecule has 108 valence electrons. The highest BCUT2D eigenvalue weighted by Crippen LogP contribution is 2.20. The Balaban J connectivity index is 2.52. The Morgan fingerprint density at radius 3 is 2.37 bits per heavy atom. The zero-order valence-electron chi connectivity index (χ0n) is 12.5. The Morgan fingerprint density at radius 2 is 1.84 bits per heavy atom. The molecule has 0 aromatic heterocycles. The Kier molecular flexibility index (Phi) is 6.89. The SMILES string of the molecule is CCCCC(C)NC(C)C(O)c1ccc(OC)cc1. The van der Waals surface area contributed by atoms with E-state index >= 15 is 0 Å². The van der Waals surface area contributed by atoms with E-state index in [0.717, 1.165) is 17.7 Å². The molecule has 2 N–H and O–H groups in total. The Bertz CT molecular complexity index is 350. The molecule has 0 amide bonds. The van der Waals surface area contributed by atoms with Crippen molar-refractivity contribution < 1.29 is 9.84 Å². The van der Waals surface area contributed by atoms with Crippen molar-refractivity contribution in [1.29, 1.82) is 0 Å². The minimum Gasteiger partial charge on any atom is -0.497 e. The molecule has 0 fully saturated rings. The molecule has 0 aliphatic rings. The van der Waals surface area contributed by atoms with Crippen LogP contribution in [0.15, 0.2) is 24.3 Å². The van der Waals surface area contributed by atoms with Crippen LogP contribution in [0.3, 0.4) is 0 Å². The number of aliphatic hydroxyl groups excluding tert-OH is 1. The van der Waals surface area contributed by atoms with Crippen LogP contribution in [0.4, 0.5) is 0 Å². The fraction of sp³-hybridized carbons (Fsp3) is 0.625. The summed E-state index contributed by atoms with van der Waals surface area (Å²) in [5.74, 6) is 0.813. The number of methoxy groups -OCH3 is 1. The fourth-order valence-electron chi connectivity index (χ4n) is 2.22. The van der Waals surface area contributed by atoms with Crippen molar-refractivity contribution in [3.05, 3.63) is 29.8 Å². The van der Waals surface area contributed by atoms with Gasteiger partial charge in [0.2, 0.25) is 0 Å². The summed E-state index contributed by atoms with van der Waals surface area (Å²) in [6.45, 7) is 6.40. The van der Waals surface area contributed by atoms with E-state index in [1.165, 1.54) is 12.8 Å². The van der Waals surface area contributed by atoms with Gasteiger partial charge in [0.15, 0.2) is 0 Å². The number of ether oxygens (including phenoxy) is 1. The summed E-state index contributed by atoms with van der Waals surface area (Å²) in [5, 5.41) is 13.8. The molecule has 0 saturated heterocycles. The molecule has 0 heterocycles. The molecule has 1 aromatic rings. The Morgan fingerprint density at radius 1 is 1.21 bits per heavy atom. The third-order valence-electron chi connectivity index (χ3n) is 3.47. The maximum absolute atomic E-state index is 10.3. The molecular weight excluding hydrogens is 238 g/mol. The highest BCUT2D eigenvalue weighted by molar-refractivity contribution is 5.29. The lowest BCUT2D eigenvalue weighted by Gasteiger charge is -2.24. The first-order valence-corrected chi connectivity index (χ1v) is 7.16. The first-order valence-electron chi connectivity index (χ1n) is 7.16. The van der Waals surface area contributed by atoms with Crippen LogP contribution in [0, 0.1) is 0 Å². The van der Waals surface area contributed by atoms with Gasteiger partial charge in [-0.05, 0) is 38.0 Å². The molecule has 3 unspecified atom stereocenters. The quantitative estimate of drug-likeness (QED) is 0.758. The molecule has 3 nitrogen and oxygen atoms in total. The van der Waals surface area contributed by atoms with Gasteiger partial charge in [-0.15, -0.1) is 0 Å². The second kappa shape index (κ2) is 8.18. The van der Waals surface area contributed by atoms with Crippen LogP contribution in [0.25, 0.3) is 0 Å². The number of unbranched alkanes of at least 4 members (excludes halogenated alkanes) is 1. The topological polar surface area (TPSA) is 41.5 Å². The maximum Gasteiger partial charge on any atom is 0.118 e. The number of aliphatic hydroxyl groups is 1. The van der Waals surface area contributed by atoms with Gasteiger partial charge in [-0.25, -0.2) is 0 Å². The summed E-state index contributed by atoms with van der Waals surface area (Å²) in [4.78, 5) is 0. The molecule has 19 heavy (non-hydrogen) atoms. The first kappa shape index (κ1) is 16.0. The molecule has 0 aliphatic carbocycles. The molecule has 1 aromatic carbocycles. The molecule has 0 aliphatic heterocycles. The van der Waals surface area contributed by atoms with Gasteiger partial charge in [0.1, 0.15) is 5.75 Å². The van der Waals surface area contributed by atoms with Crippen molar-refractivity contribution in [2.75, 3.05) is 7.11 Å². The third-order valence-corrected chi connectivity index (χ3v) is 3.47. The minimum atomic E-state index is -0.491. The number of hydrogen-bond acceptors (Lipinski definition) is 3. The van der Waals surface area contributed by atoms with Crippen molar-refractivity contribution in [2.45, 2.75) is 58.2 Å². The summed E-state index contributed by atoms with van der Waals surface area (Å²) in [5.41, 5.74) is 0.920. The summed E-state index contributed by atoms with van der Waals surface area (Å²) < 4.78 is 5.12. The van der Waals surface area contributed by atoms with Gasteiger partial charge in [-0.1, -0.05) is 31.9 Å². The number of benzene rings is 1. The van der Waals surface area contributed by atoms with Crippen LogP contribution in [-0.2, 0) is 0 Å². The lowest BCUT2D eigenvalue weighted by Crippen LogP contribution is -2.38. The third kappa shape index (κ3) is 5.21. The highest BCUT2D eigenvalue weighted by Gasteiger charge is 2.17. The van der Waals surface area contributed by atoms with Crippen molar-refractivity contribution >= 4 is 0 Å². The van der Waals surface area contributed by atoms with Crippen LogP contribution >= 0.6 is 0 Å². The minimum absolute atomic E-state index is 0.0419. The molecule has 0 saturated carbocycles. The average molecular weight is 265 g/mol. The molecule has 0 spiro atoms. The number of nitrogens with one attached hydrogen (secondary N) is 1. The van der Waals surface area contributed by atoms with E-state index in [9.17, 15) is 5.11 Å². The molecule has 0 radical (unpaired) electrons. The van der Waals surface area contributed by atoms with E-state index < -0.39 is 6.10 Å². The van der Waals surface area contributed by atoms with Crippen LogP contribution < -0.4 is 10.1 Å². The second-order valence-corrected chi connectivity index (χ2v) is 5.22. The highest BCUT2D eigenvalue weighted by atomic mass is 16.5. The van der Waals surface area contributed by atoms with E-state index in [2.05, 4.69) is 19.2 Å². The first-order chi connectivity index (χ1) is 9.08. The molecule has 0 bridgehead atoms. The van der Waals surface area contributed by atoms with E-state index in [-0.39, 0.29) is 6.04 Å². The van der Waals surface area contributed by atoms with Gasteiger partial charge >= 0.3 is 0 Å². The van der Waals surface area contributed by atoms with E-state index in [0.29, 0.717) is 6.04 Å². The van der Waals surface area contributed by atoms with Gasteiger partial charge in [0, 0.05) is 12.1 Å². The van der Waals surface area contributed by atoms with E-state index in [1.807, 2.05) is 31.2 Å². The molecule has 1 rings (SSSR count). The van der Waals surface area contributed by atoms with Crippen molar-refractivity contribution in [3.63, 3.8) is 0 Å². The summed E-state index contributed by atoms with van der Waals surface area (Å²) >= 11 is 0.